The molecule has 0 bridgehead atoms. The van der Waals surface area contributed by atoms with E-state index in [2.05, 4.69) is 12.2 Å². The van der Waals surface area contributed by atoms with Gasteiger partial charge in [-0.3, -0.25) is 4.79 Å². The topological polar surface area (TPSA) is 84.9 Å². The second kappa shape index (κ2) is 9.18. The number of rotatable bonds is 4. The highest BCUT2D eigenvalue weighted by molar-refractivity contribution is 7.89. The Hall–Kier alpha value is -3.07. The van der Waals surface area contributed by atoms with Crippen molar-refractivity contribution in [3.63, 3.8) is 0 Å². The predicted octanol–water partition coefficient (Wildman–Crippen LogP) is 6.22. The van der Waals surface area contributed by atoms with E-state index in [9.17, 15) is 13.2 Å². The molecule has 0 aromatic heterocycles. The summed E-state index contributed by atoms with van der Waals surface area (Å²) in [6.45, 7) is 4.85. The van der Waals surface area contributed by atoms with Gasteiger partial charge in [0.1, 0.15) is 16.4 Å². The first-order chi connectivity index (χ1) is 16.7. The number of benzene rings is 3. The van der Waals surface area contributed by atoms with Gasteiger partial charge < -0.3 is 14.8 Å². The molecule has 9 heteroatoms. The molecule has 2 heterocycles. The van der Waals surface area contributed by atoms with Gasteiger partial charge in [0.25, 0.3) is 5.91 Å². The first kappa shape index (κ1) is 23.7. The summed E-state index contributed by atoms with van der Waals surface area (Å²) in [7, 11) is -3.94. The van der Waals surface area contributed by atoms with E-state index < -0.39 is 15.9 Å². The van der Waals surface area contributed by atoms with Crippen LogP contribution in [-0.4, -0.2) is 31.7 Å². The minimum Gasteiger partial charge on any atom is -0.456 e. The highest BCUT2D eigenvalue weighted by Gasteiger charge is 2.34. The number of hydrogen-bond acceptors (Lipinski definition) is 5. The standard InChI is InChI=1S/C26H25ClN2O5S/c1-16-9-11-29(12-10-16)35(31,32)25-14-20-23(15-24(25)33-19-6-4-18(27)5-7-19)34-22-8-3-17(2)13-21(22)28-26(20)30/h3-8,13-16H,9-12H2,1-2H3,(H,28,30). The minimum atomic E-state index is -3.94. The zero-order valence-electron chi connectivity index (χ0n) is 19.4. The number of nitrogens with zero attached hydrogens (tertiary/aromatic N) is 1. The number of amides is 1. The van der Waals surface area contributed by atoms with E-state index in [4.69, 9.17) is 21.1 Å². The number of nitrogens with one attached hydrogen (secondary N) is 1. The maximum atomic E-state index is 13.8. The third-order valence-corrected chi connectivity index (χ3v) is 8.47. The predicted molar refractivity (Wildman–Crippen MR) is 134 cm³/mol. The van der Waals surface area contributed by atoms with Crippen LogP contribution in [0.1, 0.15) is 35.7 Å². The second-order valence-electron chi connectivity index (χ2n) is 8.99. The molecule has 2 aliphatic rings. The number of piperidine rings is 1. The molecule has 0 spiro atoms. The lowest BCUT2D eigenvalue weighted by Crippen LogP contribution is -2.38. The smallest absolute Gasteiger partial charge is 0.259 e. The van der Waals surface area contributed by atoms with Crippen LogP contribution >= 0.6 is 11.6 Å². The molecule has 1 N–H and O–H groups in total. The Morgan fingerprint density at radius 1 is 1.03 bits per heavy atom. The molecule has 0 atom stereocenters. The van der Waals surface area contributed by atoms with E-state index in [0.717, 1.165) is 18.4 Å². The maximum Gasteiger partial charge on any atom is 0.259 e. The average Bonchev–Trinajstić information content (AvgIpc) is 2.95. The van der Waals surface area contributed by atoms with Gasteiger partial charge in [0.2, 0.25) is 10.0 Å². The van der Waals surface area contributed by atoms with Crippen LogP contribution in [0.25, 0.3) is 0 Å². The molecule has 3 aromatic carbocycles. The molecule has 5 rings (SSSR count). The second-order valence-corrected chi connectivity index (χ2v) is 11.3. The number of sulfonamides is 1. The van der Waals surface area contributed by atoms with E-state index in [1.54, 1.807) is 36.4 Å². The number of fused-ring (bicyclic) bond motifs is 2. The van der Waals surface area contributed by atoms with E-state index in [1.165, 1.54) is 16.4 Å². The van der Waals surface area contributed by atoms with Crippen molar-refractivity contribution in [2.75, 3.05) is 18.4 Å². The van der Waals surface area contributed by atoms with Crippen LogP contribution in [0.15, 0.2) is 59.5 Å². The molecule has 0 saturated carbocycles. The molecule has 0 aliphatic carbocycles. The molecule has 0 radical (unpaired) electrons. The first-order valence-electron chi connectivity index (χ1n) is 11.4. The monoisotopic (exact) mass is 512 g/mol. The summed E-state index contributed by atoms with van der Waals surface area (Å²) in [5.74, 6) is 1.16. The zero-order chi connectivity index (χ0) is 24.7. The van der Waals surface area contributed by atoms with Gasteiger partial charge in [-0.1, -0.05) is 24.6 Å². The minimum absolute atomic E-state index is 0.0769. The Morgan fingerprint density at radius 2 is 1.74 bits per heavy atom. The van der Waals surface area contributed by atoms with E-state index >= 15 is 0 Å². The summed E-state index contributed by atoms with van der Waals surface area (Å²) in [5, 5.41) is 3.36. The summed E-state index contributed by atoms with van der Waals surface area (Å²) >= 11 is 6.00. The number of halogens is 1. The van der Waals surface area contributed by atoms with Crippen molar-refractivity contribution in [3.8, 4) is 23.0 Å². The van der Waals surface area contributed by atoms with Gasteiger partial charge in [0.05, 0.1) is 11.3 Å². The normalized spacial score (nSPS) is 16.5. The Kier molecular flexibility index (Phi) is 6.21. The lowest BCUT2D eigenvalue weighted by Gasteiger charge is -2.30. The van der Waals surface area contributed by atoms with Gasteiger partial charge in [-0.15, -0.1) is 0 Å². The fourth-order valence-electron chi connectivity index (χ4n) is 4.22. The Bertz CT molecular complexity index is 1400. The summed E-state index contributed by atoms with van der Waals surface area (Å²) in [5.41, 5.74) is 1.58. The van der Waals surface area contributed by atoms with Crippen LogP contribution in [0.2, 0.25) is 5.02 Å². The van der Waals surface area contributed by atoms with Gasteiger partial charge in [0, 0.05) is 24.2 Å². The van der Waals surface area contributed by atoms with Crippen LogP contribution in [-0.2, 0) is 10.0 Å². The van der Waals surface area contributed by atoms with Gasteiger partial charge >= 0.3 is 0 Å². The average molecular weight is 513 g/mol. The van der Waals surface area contributed by atoms with Crippen LogP contribution in [0.3, 0.4) is 0 Å². The lowest BCUT2D eigenvalue weighted by molar-refractivity contribution is 0.102. The maximum absolute atomic E-state index is 13.8. The molecule has 3 aromatic rings. The van der Waals surface area contributed by atoms with Crippen LogP contribution in [0, 0.1) is 12.8 Å². The van der Waals surface area contributed by atoms with Crippen LogP contribution in [0.4, 0.5) is 5.69 Å². The van der Waals surface area contributed by atoms with E-state index in [-0.39, 0.29) is 22.0 Å². The molecule has 182 valence electrons. The first-order valence-corrected chi connectivity index (χ1v) is 13.2. The molecule has 1 saturated heterocycles. The number of carbonyl (C=O) groups excluding carboxylic acids is 1. The van der Waals surface area contributed by atoms with Crippen molar-refractivity contribution >= 4 is 33.2 Å². The molecule has 7 nitrogen and oxygen atoms in total. The lowest BCUT2D eigenvalue weighted by atomic mass is 10.0. The van der Waals surface area contributed by atoms with Gasteiger partial charge in [0.15, 0.2) is 11.5 Å². The molecular formula is C26H25ClN2O5S. The highest BCUT2D eigenvalue weighted by Crippen LogP contribution is 2.42. The fraction of sp³-hybridized carbons (Fsp3) is 0.269. The Balaban J connectivity index is 1.63. The van der Waals surface area contributed by atoms with Gasteiger partial charge in [-0.25, -0.2) is 8.42 Å². The SMILES string of the molecule is Cc1ccc2c(c1)NC(=O)c1cc(S(=O)(=O)N3CCC(C)CC3)c(Oc3ccc(Cl)cc3)cc1O2. The fourth-order valence-corrected chi connectivity index (χ4v) is 5.93. The molecule has 2 aliphatic heterocycles. The Labute approximate surface area is 209 Å². The largest absolute Gasteiger partial charge is 0.456 e. The summed E-state index contributed by atoms with van der Waals surface area (Å²) in [4.78, 5) is 13.0. The van der Waals surface area contributed by atoms with Gasteiger partial charge in [-0.2, -0.15) is 4.31 Å². The summed E-state index contributed by atoms with van der Waals surface area (Å²) in [6, 6.07) is 14.9. The molecular weight excluding hydrogens is 488 g/mol. The number of hydrogen-bond donors (Lipinski definition) is 1. The number of ether oxygens (including phenoxy) is 2. The van der Waals surface area contributed by atoms with E-state index in [1.807, 2.05) is 13.0 Å². The van der Waals surface area contributed by atoms with Crippen molar-refractivity contribution in [1.82, 2.24) is 4.31 Å². The summed E-state index contributed by atoms with van der Waals surface area (Å²) in [6.07, 6.45) is 1.55. The molecule has 1 amide bonds. The Morgan fingerprint density at radius 3 is 2.46 bits per heavy atom. The van der Waals surface area contributed by atoms with Crippen molar-refractivity contribution in [3.05, 3.63) is 70.7 Å². The van der Waals surface area contributed by atoms with Crippen LogP contribution < -0.4 is 14.8 Å². The highest BCUT2D eigenvalue weighted by atomic mass is 35.5. The van der Waals surface area contributed by atoms with Crippen LogP contribution in [0.5, 0.6) is 23.0 Å². The van der Waals surface area contributed by atoms with Crippen molar-refractivity contribution in [2.24, 2.45) is 5.92 Å². The van der Waals surface area contributed by atoms with Crippen molar-refractivity contribution in [1.29, 1.82) is 0 Å². The van der Waals surface area contributed by atoms with Gasteiger partial charge in [-0.05, 0) is 73.7 Å². The third-order valence-electron chi connectivity index (χ3n) is 6.30. The molecule has 35 heavy (non-hydrogen) atoms. The number of aryl methyl sites for hydroxylation is 1. The zero-order valence-corrected chi connectivity index (χ0v) is 20.9. The molecule has 0 unspecified atom stereocenters. The van der Waals surface area contributed by atoms with E-state index in [0.29, 0.717) is 41.2 Å². The third kappa shape index (κ3) is 4.74. The van der Waals surface area contributed by atoms with Crippen molar-refractivity contribution in [2.45, 2.75) is 31.6 Å². The quantitative estimate of drug-likeness (QED) is 0.448. The van der Waals surface area contributed by atoms with Crippen molar-refractivity contribution < 1.29 is 22.7 Å². The summed E-state index contributed by atoms with van der Waals surface area (Å²) < 4.78 is 41.1. The number of carbonyl (C=O) groups is 1. The number of anilines is 1. The molecule has 1 fully saturated rings.